The van der Waals surface area contributed by atoms with Gasteiger partial charge in [-0.3, -0.25) is 4.79 Å². The summed E-state index contributed by atoms with van der Waals surface area (Å²) in [5, 5.41) is 9.49. The lowest BCUT2D eigenvalue weighted by molar-refractivity contribution is -0.152. The van der Waals surface area contributed by atoms with Crippen LogP contribution in [-0.2, 0) is 4.79 Å². The highest BCUT2D eigenvalue weighted by molar-refractivity contribution is 5.80. The van der Waals surface area contributed by atoms with Gasteiger partial charge in [0.25, 0.3) is 0 Å². The largest absolute Gasteiger partial charge is 0.478 e. The van der Waals surface area contributed by atoms with Crippen LogP contribution >= 0.6 is 0 Å². The number of carbonyl (C=O) groups is 1. The summed E-state index contributed by atoms with van der Waals surface area (Å²) in [5.74, 6) is 0.216. The van der Waals surface area contributed by atoms with Crippen LogP contribution in [0.5, 0.6) is 17.2 Å². The van der Waals surface area contributed by atoms with Crippen molar-refractivity contribution in [1.29, 1.82) is 0 Å². The fraction of sp³-hybridized carbons (Fsp3) is 0.273. The zero-order valence-corrected chi connectivity index (χ0v) is 16.2. The third kappa shape index (κ3) is 4.01. The predicted molar refractivity (Wildman–Crippen MR) is 105 cm³/mol. The minimum Gasteiger partial charge on any atom is -0.478 e. The van der Waals surface area contributed by atoms with Gasteiger partial charge in [-0.05, 0) is 49.6 Å². The average molecular weight is 382 g/mol. The van der Waals surface area contributed by atoms with Crippen molar-refractivity contribution in [2.45, 2.75) is 39.2 Å². The number of carboxylic acid groups (broad SMARTS) is 1. The van der Waals surface area contributed by atoms with Crippen molar-refractivity contribution >= 4 is 16.9 Å². The smallest absolute Gasteiger partial charge is 0.347 e. The molecule has 0 spiro atoms. The van der Waals surface area contributed by atoms with E-state index in [4.69, 9.17) is 19.0 Å². The lowest BCUT2D eigenvalue weighted by atomic mass is 10.0. The van der Waals surface area contributed by atoms with Crippen molar-refractivity contribution in [1.82, 2.24) is 0 Å². The maximum absolute atomic E-state index is 12.7. The van der Waals surface area contributed by atoms with Crippen molar-refractivity contribution in [3.8, 4) is 17.2 Å². The van der Waals surface area contributed by atoms with E-state index >= 15 is 0 Å². The molecule has 0 unspecified atom stereocenters. The summed E-state index contributed by atoms with van der Waals surface area (Å²) < 4.78 is 16.7. The highest BCUT2D eigenvalue weighted by Gasteiger charge is 2.29. The second-order valence-electron chi connectivity index (χ2n) is 7.33. The Kier molecular flexibility index (Phi) is 5.14. The lowest BCUT2D eigenvalue weighted by Gasteiger charge is -2.21. The molecule has 0 amide bonds. The fourth-order valence-electron chi connectivity index (χ4n) is 2.61. The van der Waals surface area contributed by atoms with E-state index in [9.17, 15) is 9.59 Å². The van der Waals surface area contributed by atoms with Crippen LogP contribution in [0.25, 0.3) is 11.0 Å². The molecule has 3 rings (SSSR count). The first kappa shape index (κ1) is 19.5. The first-order valence-corrected chi connectivity index (χ1v) is 8.93. The molecule has 1 N–H and O–H groups in total. The zero-order valence-electron chi connectivity index (χ0n) is 16.2. The van der Waals surface area contributed by atoms with Crippen molar-refractivity contribution in [3.63, 3.8) is 0 Å². The van der Waals surface area contributed by atoms with Gasteiger partial charge in [0.2, 0.25) is 11.2 Å². The van der Waals surface area contributed by atoms with Crippen LogP contribution < -0.4 is 14.9 Å². The summed E-state index contributed by atoms with van der Waals surface area (Å²) in [7, 11) is 0. The number of carboxylic acids is 1. The molecule has 146 valence electrons. The zero-order chi connectivity index (χ0) is 20.5. The molecule has 0 saturated heterocycles. The Morgan fingerprint density at radius 1 is 1.07 bits per heavy atom. The van der Waals surface area contributed by atoms with E-state index in [-0.39, 0.29) is 16.8 Å². The van der Waals surface area contributed by atoms with E-state index < -0.39 is 11.6 Å². The molecule has 6 heteroatoms. The molecule has 0 radical (unpaired) electrons. The van der Waals surface area contributed by atoms with Crippen LogP contribution in [0.1, 0.15) is 39.2 Å². The standard InChI is InChI=1S/C22H22O6/c1-13(2)14-5-7-15(8-6-14)27-19-12-26-18-11-16(9-10-17(18)20(19)23)28-22(3,4)21(24)25/h5-13H,1-4H3,(H,24,25). The Morgan fingerprint density at radius 2 is 1.71 bits per heavy atom. The van der Waals surface area contributed by atoms with Gasteiger partial charge in [-0.1, -0.05) is 26.0 Å². The molecule has 0 atom stereocenters. The normalized spacial score (nSPS) is 11.6. The van der Waals surface area contributed by atoms with Crippen LogP contribution in [0.15, 0.2) is 57.9 Å². The number of ether oxygens (including phenoxy) is 2. The predicted octanol–water partition coefficient (Wildman–Crippen LogP) is 4.95. The first-order valence-electron chi connectivity index (χ1n) is 8.93. The number of hydrogen-bond acceptors (Lipinski definition) is 5. The second kappa shape index (κ2) is 7.38. The molecule has 0 bridgehead atoms. The molecule has 1 heterocycles. The molecule has 6 nitrogen and oxygen atoms in total. The summed E-state index contributed by atoms with van der Waals surface area (Å²) in [6.07, 6.45) is 1.24. The number of hydrogen-bond donors (Lipinski definition) is 1. The van der Waals surface area contributed by atoms with Crippen molar-refractivity contribution < 1.29 is 23.8 Å². The molecule has 0 aliphatic heterocycles. The third-order valence-electron chi connectivity index (χ3n) is 4.38. The molecular formula is C22H22O6. The van der Waals surface area contributed by atoms with Gasteiger partial charge in [0.05, 0.1) is 5.39 Å². The Bertz CT molecular complexity index is 1060. The van der Waals surface area contributed by atoms with Gasteiger partial charge in [0.15, 0.2) is 5.60 Å². The van der Waals surface area contributed by atoms with Crippen LogP contribution in [0.2, 0.25) is 0 Å². The third-order valence-corrected chi connectivity index (χ3v) is 4.38. The van der Waals surface area contributed by atoms with E-state index in [1.54, 1.807) is 0 Å². The highest BCUT2D eigenvalue weighted by Crippen LogP contribution is 2.27. The molecule has 0 aliphatic rings. The molecule has 0 saturated carbocycles. The number of fused-ring (bicyclic) bond motifs is 1. The van der Waals surface area contributed by atoms with Crippen LogP contribution in [0.4, 0.5) is 0 Å². The Balaban J connectivity index is 1.88. The quantitative estimate of drug-likeness (QED) is 0.649. The summed E-state index contributed by atoms with van der Waals surface area (Å²) in [6.45, 7) is 7.08. The summed E-state index contributed by atoms with van der Waals surface area (Å²) in [6, 6.07) is 12.1. The average Bonchev–Trinajstić information content (AvgIpc) is 2.64. The van der Waals surface area contributed by atoms with E-state index in [0.29, 0.717) is 22.8 Å². The van der Waals surface area contributed by atoms with E-state index in [1.807, 2.05) is 24.3 Å². The number of rotatable bonds is 6. The second-order valence-corrected chi connectivity index (χ2v) is 7.33. The maximum Gasteiger partial charge on any atom is 0.347 e. The number of aliphatic carboxylic acids is 1. The lowest BCUT2D eigenvalue weighted by Crippen LogP contribution is -2.37. The first-order chi connectivity index (χ1) is 13.2. The maximum atomic E-state index is 12.7. The topological polar surface area (TPSA) is 86.0 Å². The van der Waals surface area contributed by atoms with Crippen molar-refractivity contribution in [2.24, 2.45) is 0 Å². The van der Waals surface area contributed by atoms with Crippen molar-refractivity contribution in [3.05, 3.63) is 64.5 Å². The summed E-state index contributed by atoms with van der Waals surface area (Å²) in [4.78, 5) is 23.9. The summed E-state index contributed by atoms with van der Waals surface area (Å²) in [5.41, 5.74) is -0.266. The Hall–Kier alpha value is -3.28. The van der Waals surface area contributed by atoms with Gasteiger partial charge in [-0.2, -0.15) is 0 Å². The molecular weight excluding hydrogens is 360 g/mol. The van der Waals surface area contributed by atoms with E-state index in [2.05, 4.69) is 13.8 Å². The van der Waals surface area contributed by atoms with E-state index in [1.165, 1.54) is 43.9 Å². The number of benzene rings is 2. The van der Waals surface area contributed by atoms with Gasteiger partial charge in [-0.15, -0.1) is 0 Å². The van der Waals surface area contributed by atoms with Gasteiger partial charge in [-0.25, -0.2) is 4.79 Å². The minimum absolute atomic E-state index is 0.0735. The van der Waals surface area contributed by atoms with Gasteiger partial charge in [0, 0.05) is 6.07 Å². The molecule has 0 aliphatic carbocycles. The van der Waals surface area contributed by atoms with Gasteiger partial charge < -0.3 is 19.0 Å². The van der Waals surface area contributed by atoms with Crippen molar-refractivity contribution in [2.75, 3.05) is 0 Å². The van der Waals surface area contributed by atoms with Gasteiger partial charge in [0.1, 0.15) is 23.3 Å². The summed E-state index contributed by atoms with van der Waals surface area (Å²) >= 11 is 0. The van der Waals surface area contributed by atoms with Crippen LogP contribution in [0, 0.1) is 0 Å². The SMILES string of the molecule is CC(C)c1ccc(Oc2coc3cc(OC(C)(C)C(=O)O)ccc3c2=O)cc1. The monoisotopic (exact) mass is 382 g/mol. The molecule has 0 fully saturated rings. The van der Waals surface area contributed by atoms with Crippen LogP contribution in [0.3, 0.4) is 0 Å². The molecule has 3 aromatic rings. The minimum atomic E-state index is -1.40. The fourth-order valence-corrected chi connectivity index (χ4v) is 2.61. The molecule has 28 heavy (non-hydrogen) atoms. The Labute approximate surface area is 162 Å². The van der Waals surface area contributed by atoms with Gasteiger partial charge >= 0.3 is 5.97 Å². The highest BCUT2D eigenvalue weighted by atomic mass is 16.5. The molecule has 2 aromatic carbocycles. The molecule has 1 aromatic heterocycles. The van der Waals surface area contributed by atoms with Crippen LogP contribution in [-0.4, -0.2) is 16.7 Å². The van der Waals surface area contributed by atoms with E-state index in [0.717, 1.165) is 0 Å². The Morgan fingerprint density at radius 3 is 2.32 bits per heavy atom.